The van der Waals surface area contributed by atoms with Gasteiger partial charge in [-0.05, 0) is 124 Å². The molecule has 0 radical (unpaired) electrons. The number of H-pyrrole nitrogens is 1. The van der Waals surface area contributed by atoms with Gasteiger partial charge < -0.3 is 44.2 Å². The second kappa shape index (κ2) is 19.4. The van der Waals surface area contributed by atoms with Gasteiger partial charge in [-0.1, -0.05) is 38.1 Å². The van der Waals surface area contributed by atoms with Gasteiger partial charge in [-0.25, -0.2) is 17.5 Å². The van der Waals surface area contributed by atoms with Gasteiger partial charge in [0, 0.05) is 68.3 Å². The van der Waals surface area contributed by atoms with Crippen molar-refractivity contribution >= 4 is 55.4 Å². The van der Waals surface area contributed by atoms with E-state index in [0.717, 1.165) is 81.6 Å². The van der Waals surface area contributed by atoms with Gasteiger partial charge in [0.1, 0.15) is 29.7 Å². The molecule has 76 heavy (non-hydrogen) atoms. The number of ether oxygens (including phenoxy) is 4. The molecule has 0 bridgehead atoms. The third kappa shape index (κ3) is 9.30. The van der Waals surface area contributed by atoms with E-state index in [-0.39, 0.29) is 73.4 Å². The number of nitro groups is 1. The van der Waals surface area contributed by atoms with Crippen molar-refractivity contribution in [1.82, 2.24) is 19.6 Å². The number of anilines is 4. The highest BCUT2D eigenvalue weighted by Crippen LogP contribution is 2.54. The molecule has 2 saturated carbocycles. The second-order valence-electron chi connectivity index (χ2n) is 22.9. The van der Waals surface area contributed by atoms with Crippen LogP contribution in [0, 0.1) is 15.5 Å². The molecule has 5 fully saturated rings. The highest BCUT2D eigenvalue weighted by molar-refractivity contribution is 7.90. The van der Waals surface area contributed by atoms with Crippen molar-refractivity contribution in [2.75, 3.05) is 67.8 Å². The lowest BCUT2D eigenvalue weighted by Gasteiger charge is -2.56. The zero-order valence-electron chi connectivity index (χ0n) is 43.3. The third-order valence-corrected chi connectivity index (χ3v) is 19.0. The number of aliphatic hydroxyl groups is 1. The van der Waals surface area contributed by atoms with E-state index < -0.39 is 54.9 Å². The summed E-state index contributed by atoms with van der Waals surface area (Å²) in [6, 6.07) is 19.5. The largest absolute Gasteiger partial charge is 0.489 e. The molecule has 2 aliphatic carbocycles. The number of hydrogen-bond donors (Lipinski definition) is 4. The third-order valence-electron chi connectivity index (χ3n) is 17.7. The van der Waals surface area contributed by atoms with Crippen LogP contribution in [0.15, 0.2) is 77.8 Å². The Balaban J connectivity index is 0.834. The zero-order chi connectivity index (χ0) is 52.7. The first-order valence-corrected chi connectivity index (χ1v) is 28.5. The van der Waals surface area contributed by atoms with Gasteiger partial charge in [0.25, 0.3) is 21.6 Å². The van der Waals surface area contributed by atoms with E-state index in [1.807, 2.05) is 29.2 Å². The van der Waals surface area contributed by atoms with Crippen molar-refractivity contribution in [2.45, 2.75) is 137 Å². The molecule has 4 atom stereocenters. The molecule has 12 rings (SSSR count). The normalized spacial score (nSPS) is 27.8. The number of nitro benzene ring substituents is 1. The van der Waals surface area contributed by atoms with Gasteiger partial charge in [0.2, 0.25) is 5.88 Å². The Morgan fingerprint density at radius 1 is 0.947 bits per heavy atom. The monoisotopic (exact) mass is 1060 g/mol. The number of alkyl halides is 1. The minimum absolute atomic E-state index is 0.00822. The number of nitrogens with zero attached hydrogens (tertiary/aromatic N) is 5. The van der Waals surface area contributed by atoms with Crippen LogP contribution < -0.4 is 29.3 Å². The number of halogens is 1. The Labute approximate surface area is 441 Å². The van der Waals surface area contributed by atoms with Crippen molar-refractivity contribution in [2.24, 2.45) is 5.41 Å². The summed E-state index contributed by atoms with van der Waals surface area (Å²) >= 11 is 0. The molecule has 5 aliphatic heterocycles. The molecule has 1 amide bonds. The number of nitrogens with one attached hydrogen (secondary N) is 3. The Morgan fingerprint density at radius 3 is 2.50 bits per heavy atom. The molecule has 1 spiro atoms. The van der Waals surface area contributed by atoms with Crippen molar-refractivity contribution in [3.8, 4) is 11.6 Å². The maximum atomic E-state index is 16.3. The molecule has 0 unspecified atom stereocenters. The molecule has 404 valence electrons. The lowest BCUT2D eigenvalue weighted by atomic mass is 9.59. The number of aromatic nitrogens is 2. The van der Waals surface area contributed by atoms with Crippen LogP contribution in [0.3, 0.4) is 0 Å². The van der Waals surface area contributed by atoms with Gasteiger partial charge in [-0.2, -0.15) is 4.98 Å². The highest BCUT2D eigenvalue weighted by atomic mass is 32.2. The van der Waals surface area contributed by atoms with Crippen LogP contribution in [0.4, 0.5) is 32.8 Å². The minimum Gasteiger partial charge on any atom is -0.489 e. The van der Waals surface area contributed by atoms with Crippen LogP contribution in [0.2, 0.25) is 0 Å². The summed E-state index contributed by atoms with van der Waals surface area (Å²) in [7, 11) is -4.80. The number of amides is 1. The Morgan fingerprint density at radius 2 is 1.72 bits per heavy atom. The van der Waals surface area contributed by atoms with E-state index in [0.29, 0.717) is 54.5 Å². The van der Waals surface area contributed by atoms with Crippen molar-refractivity contribution < 1.29 is 46.6 Å². The quantitative estimate of drug-likeness (QED) is 0.0760. The summed E-state index contributed by atoms with van der Waals surface area (Å²) in [5, 5.41) is 26.8. The van der Waals surface area contributed by atoms with E-state index in [9.17, 15) is 28.4 Å². The average molecular weight is 1060 g/mol. The summed E-state index contributed by atoms with van der Waals surface area (Å²) in [6.07, 6.45) is 7.53. The summed E-state index contributed by atoms with van der Waals surface area (Å²) < 4.78 is 72.0. The topological polar surface area (TPSA) is 214 Å². The van der Waals surface area contributed by atoms with Gasteiger partial charge in [-0.3, -0.25) is 19.8 Å². The van der Waals surface area contributed by atoms with Crippen LogP contribution in [0.25, 0.3) is 11.0 Å². The first-order chi connectivity index (χ1) is 36.5. The number of sulfonamides is 1. The minimum atomic E-state index is -4.80. The van der Waals surface area contributed by atoms with Crippen LogP contribution >= 0.6 is 0 Å². The van der Waals surface area contributed by atoms with Crippen molar-refractivity contribution in [3.63, 3.8) is 0 Å². The molecular weight excluding hydrogens is 996 g/mol. The molecule has 5 aromatic rings. The smallest absolute Gasteiger partial charge is 0.297 e. The summed E-state index contributed by atoms with van der Waals surface area (Å²) in [4.78, 5) is 41.2. The van der Waals surface area contributed by atoms with E-state index >= 15 is 4.39 Å². The number of fused-ring (bicyclic) bond motifs is 4. The number of aromatic amines is 1. The standard InChI is InChI=1S/C56H67FN8O10S/c1-34(2)39-7-4-5-8-40(39)46-31-72-23-6-20-63(46)37-29-55(30-37)17-21-62(22-18-55)36-9-10-41(43(26-36)64-42-12-24-73-32-48(42)75-53-45(64)25-35-11-19-58-51(35)60-53)52(66)61-76(70,71)38-27-44(65(68)69)50-47(28-38)74-33-49(59-50)56(57)15-13-54(3,67)14-16-56/h4-5,7-11,19,25-28,34,37,42,46,48-49,59,67H,6,12-18,20-24,29-33H2,1-3H3,(H,58,60)(H,61,66)/t42-,46-,48-,49-,54?,56?/m0/s1. The van der Waals surface area contributed by atoms with Gasteiger partial charge >= 0.3 is 0 Å². The van der Waals surface area contributed by atoms with Gasteiger partial charge in [0.15, 0.2) is 11.4 Å². The number of benzene rings is 3. The predicted octanol–water partition coefficient (Wildman–Crippen LogP) is 8.82. The lowest BCUT2D eigenvalue weighted by Crippen LogP contribution is -2.56. The summed E-state index contributed by atoms with van der Waals surface area (Å²) in [5.74, 6) is -0.368. The predicted molar refractivity (Wildman–Crippen MR) is 284 cm³/mol. The number of pyridine rings is 1. The Kier molecular flexibility index (Phi) is 13.0. The molecule has 3 saturated heterocycles. The van der Waals surface area contributed by atoms with Crippen LogP contribution in [0.1, 0.15) is 118 Å². The molecule has 18 nitrogen and oxygen atoms in total. The van der Waals surface area contributed by atoms with Crippen molar-refractivity contribution in [3.05, 3.63) is 99.7 Å². The Bertz CT molecular complexity index is 3160. The fourth-order valence-electron chi connectivity index (χ4n) is 13.3. The Hall–Kier alpha value is -6.06. The highest BCUT2D eigenvalue weighted by Gasteiger charge is 2.51. The molecule has 3 aromatic carbocycles. The first-order valence-electron chi connectivity index (χ1n) is 27.0. The van der Waals surface area contributed by atoms with Crippen LogP contribution in [-0.4, -0.2) is 127 Å². The fourth-order valence-corrected chi connectivity index (χ4v) is 14.3. The van der Waals surface area contributed by atoms with Gasteiger partial charge in [-0.15, -0.1) is 0 Å². The molecule has 7 aliphatic rings. The SMILES string of the molecule is CC(C)c1ccccc1[C@@H]1COCCCN1C1CC2(CCN(c3ccc(C(=O)NS(=O)(=O)c4cc5c(c([N+](=O)[O-])c4)N[C@H](C4(F)CCC(C)(O)CC4)CO5)c(N4c5cc6cc[nH]c6nc5O[C@H]5COCC[C@@H]54)c3)CC2)C1. The summed E-state index contributed by atoms with van der Waals surface area (Å²) in [6.45, 7) is 10.7. The number of hydrogen-bond acceptors (Lipinski definition) is 15. The summed E-state index contributed by atoms with van der Waals surface area (Å²) in [5.41, 5.74) is 1.90. The van der Waals surface area contributed by atoms with Crippen LogP contribution in [-0.2, 0) is 19.5 Å². The van der Waals surface area contributed by atoms with E-state index in [2.05, 4.69) is 62.9 Å². The van der Waals surface area contributed by atoms with Crippen LogP contribution in [0.5, 0.6) is 11.6 Å². The number of carbonyl (C=O) groups is 1. The fraction of sp³-hybridized carbons (Fsp3) is 0.536. The first kappa shape index (κ1) is 50.7. The molecule has 7 heterocycles. The molecular formula is C56H67FN8O10S. The lowest BCUT2D eigenvalue weighted by molar-refractivity contribution is -0.384. The number of carbonyl (C=O) groups excluding carboxylic acids is 1. The molecule has 20 heteroatoms. The second-order valence-corrected chi connectivity index (χ2v) is 24.6. The molecule has 2 aromatic heterocycles. The van der Waals surface area contributed by atoms with Crippen molar-refractivity contribution in [1.29, 1.82) is 0 Å². The zero-order valence-corrected chi connectivity index (χ0v) is 44.1. The average Bonchev–Trinajstić information content (AvgIpc) is 3.79. The maximum Gasteiger partial charge on any atom is 0.297 e. The van der Waals surface area contributed by atoms with Gasteiger partial charge in [0.05, 0.1) is 58.0 Å². The maximum absolute atomic E-state index is 16.3. The van der Waals surface area contributed by atoms with E-state index in [1.54, 1.807) is 19.2 Å². The van der Waals surface area contributed by atoms with E-state index in [4.69, 9.17) is 23.9 Å². The molecule has 4 N–H and O–H groups in total. The van der Waals surface area contributed by atoms with E-state index in [1.165, 1.54) is 11.1 Å². The number of rotatable bonds is 10. The number of piperidine rings is 1.